The number of thiazole rings is 1. The van der Waals surface area contributed by atoms with Crippen LogP contribution < -0.4 is 4.74 Å². The first-order chi connectivity index (χ1) is 7.74. The zero-order valence-corrected chi connectivity index (χ0v) is 9.21. The van der Waals surface area contributed by atoms with E-state index in [0.717, 1.165) is 0 Å². The maximum atomic E-state index is 13.1. The van der Waals surface area contributed by atoms with E-state index in [2.05, 4.69) is 4.98 Å². The monoisotopic (exact) mass is 234 g/mol. The molecular weight excluding hydrogens is 227 g/mol. The van der Waals surface area contributed by atoms with Gasteiger partial charge < -0.3 is 4.74 Å². The molecule has 0 spiro atoms. The second-order valence-electron chi connectivity index (χ2n) is 2.99. The van der Waals surface area contributed by atoms with Gasteiger partial charge in [0.1, 0.15) is 17.6 Å². The third-order valence-corrected chi connectivity index (χ3v) is 2.78. The van der Waals surface area contributed by atoms with Crippen LogP contribution in [-0.2, 0) is 0 Å². The third-order valence-electron chi connectivity index (χ3n) is 2.04. The van der Waals surface area contributed by atoms with Crippen LogP contribution in [0.1, 0.15) is 5.01 Å². The Kier molecular flexibility index (Phi) is 2.84. The highest BCUT2D eigenvalue weighted by Crippen LogP contribution is 2.31. The molecule has 1 aromatic carbocycles. The van der Waals surface area contributed by atoms with Crippen molar-refractivity contribution in [1.29, 1.82) is 5.26 Å². The van der Waals surface area contributed by atoms with Crippen molar-refractivity contribution in [2.45, 2.75) is 0 Å². The Bertz CT molecular complexity index is 559. The SMILES string of the molecule is COc1ccc(F)cc1-c1csc(C#N)n1. The van der Waals surface area contributed by atoms with Crippen LogP contribution in [-0.4, -0.2) is 12.1 Å². The first-order valence-corrected chi connectivity index (χ1v) is 5.32. The lowest BCUT2D eigenvalue weighted by Crippen LogP contribution is -1.89. The predicted octanol–water partition coefficient (Wildman–Crippen LogP) is 2.83. The van der Waals surface area contributed by atoms with E-state index in [9.17, 15) is 4.39 Å². The highest BCUT2D eigenvalue weighted by Gasteiger charge is 2.10. The molecule has 0 fully saturated rings. The molecule has 0 saturated heterocycles. The number of hydrogen-bond acceptors (Lipinski definition) is 4. The molecule has 0 radical (unpaired) electrons. The molecule has 2 rings (SSSR count). The zero-order chi connectivity index (χ0) is 11.5. The molecular formula is C11H7FN2OS. The number of nitriles is 1. The summed E-state index contributed by atoms with van der Waals surface area (Å²) in [5.74, 6) is 0.179. The van der Waals surface area contributed by atoms with E-state index in [-0.39, 0.29) is 5.82 Å². The smallest absolute Gasteiger partial charge is 0.194 e. The van der Waals surface area contributed by atoms with Crippen molar-refractivity contribution in [3.8, 4) is 23.1 Å². The van der Waals surface area contributed by atoms with Gasteiger partial charge in [-0.2, -0.15) is 5.26 Å². The quantitative estimate of drug-likeness (QED) is 0.802. The Morgan fingerprint density at radius 2 is 2.31 bits per heavy atom. The molecule has 0 aliphatic heterocycles. The fourth-order valence-corrected chi connectivity index (χ4v) is 1.94. The van der Waals surface area contributed by atoms with Crippen LogP contribution in [0, 0.1) is 17.1 Å². The van der Waals surface area contributed by atoms with E-state index < -0.39 is 0 Å². The van der Waals surface area contributed by atoms with E-state index in [1.807, 2.05) is 6.07 Å². The number of ether oxygens (including phenoxy) is 1. The molecule has 0 unspecified atom stereocenters. The van der Waals surface area contributed by atoms with Crippen LogP contribution in [0.3, 0.4) is 0 Å². The molecule has 80 valence electrons. The standard InChI is InChI=1S/C11H7FN2OS/c1-15-10-3-2-7(12)4-8(10)9-6-16-11(5-13)14-9/h2-4,6H,1H3. The van der Waals surface area contributed by atoms with Crippen LogP contribution in [0.25, 0.3) is 11.3 Å². The van der Waals surface area contributed by atoms with Gasteiger partial charge in [0.25, 0.3) is 0 Å². The van der Waals surface area contributed by atoms with E-state index in [1.165, 1.54) is 36.6 Å². The first-order valence-electron chi connectivity index (χ1n) is 4.44. The van der Waals surface area contributed by atoms with Crippen molar-refractivity contribution in [3.63, 3.8) is 0 Å². The van der Waals surface area contributed by atoms with Crippen molar-refractivity contribution < 1.29 is 9.13 Å². The van der Waals surface area contributed by atoms with Gasteiger partial charge in [0.2, 0.25) is 0 Å². The summed E-state index contributed by atoms with van der Waals surface area (Å²) < 4.78 is 18.2. The van der Waals surface area contributed by atoms with Gasteiger partial charge in [-0.05, 0) is 18.2 Å². The molecule has 16 heavy (non-hydrogen) atoms. The highest BCUT2D eigenvalue weighted by molar-refractivity contribution is 7.10. The molecule has 0 atom stereocenters. The topological polar surface area (TPSA) is 45.9 Å². The maximum absolute atomic E-state index is 13.1. The lowest BCUT2D eigenvalue weighted by atomic mass is 10.1. The Labute approximate surface area is 95.8 Å². The number of hydrogen-bond donors (Lipinski definition) is 0. The lowest BCUT2D eigenvalue weighted by molar-refractivity contribution is 0.415. The second kappa shape index (κ2) is 4.29. The highest BCUT2D eigenvalue weighted by atomic mass is 32.1. The van der Waals surface area contributed by atoms with Gasteiger partial charge in [-0.1, -0.05) is 0 Å². The van der Waals surface area contributed by atoms with Gasteiger partial charge in [-0.15, -0.1) is 11.3 Å². The molecule has 3 nitrogen and oxygen atoms in total. The Balaban J connectivity index is 2.54. The van der Waals surface area contributed by atoms with Crippen molar-refractivity contribution >= 4 is 11.3 Å². The zero-order valence-electron chi connectivity index (χ0n) is 8.40. The van der Waals surface area contributed by atoms with E-state index in [1.54, 1.807) is 5.38 Å². The predicted molar refractivity (Wildman–Crippen MR) is 58.8 cm³/mol. The molecule has 1 heterocycles. The fraction of sp³-hybridized carbons (Fsp3) is 0.0909. The van der Waals surface area contributed by atoms with E-state index >= 15 is 0 Å². The maximum Gasteiger partial charge on any atom is 0.194 e. The van der Waals surface area contributed by atoms with Gasteiger partial charge >= 0.3 is 0 Å². The van der Waals surface area contributed by atoms with E-state index in [4.69, 9.17) is 10.00 Å². The Hall–Kier alpha value is -1.93. The van der Waals surface area contributed by atoms with Crippen LogP contribution >= 0.6 is 11.3 Å². The largest absolute Gasteiger partial charge is 0.496 e. The number of benzene rings is 1. The van der Waals surface area contributed by atoms with Crippen LogP contribution in [0.15, 0.2) is 23.6 Å². The summed E-state index contributed by atoms with van der Waals surface area (Å²) in [7, 11) is 1.51. The summed E-state index contributed by atoms with van der Waals surface area (Å²) in [4.78, 5) is 4.06. The molecule has 1 aromatic heterocycles. The minimum Gasteiger partial charge on any atom is -0.496 e. The minimum atomic E-state index is -0.359. The van der Waals surface area contributed by atoms with E-state index in [0.29, 0.717) is 22.0 Å². The Morgan fingerprint density at radius 3 is 2.94 bits per heavy atom. The molecule has 0 amide bonds. The number of rotatable bonds is 2. The van der Waals surface area contributed by atoms with Crippen LogP contribution in [0.4, 0.5) is 4.39 Å². The van der Waals surface area contributed by atoms with Crippen molar-refractivity contribution in [2.75, 3.05) is 7.11 Å². The summed E-state index contributed by atoms with van der Waals surface area (Å²) >= 11 is 1.22. The normalized spacial score (nSPS) is 9.81. The van der Waals surface area contributed by atoms with Gasteiger partial charge in [0, 0.05) is 10.9 Å². The molecule has 0 aliphatic carbocycles. The number of halogens is 1. The summed E-state index contributed by atoms with van der Waals surface area (Å²) in [6.07, 6.45) is 0. The summed E-state index contributed by atoms with van der Waals surface area (Å²) in [5, 5.41) is 10.7. The van der Waals surface area contributed by atoms with Crippen LogP contribution in [0.2, 0.25) is 0 Å². The third kappa shape index (κ3) is 1.88. The number of methoxy groups -OCH3 is 1. The molecule has 0 N–H and O–H groups in total. The van der Waals surface area contributed by atoms with Crippen molar-refractivity contribution in [1.82, 2.24) is 4.98 Å². The van der Waals surface area contributed by atoms with Gasteiger partial charge in [-0.25, -0.2) is 9.37 Å². The summed E-state index contributed by atoms with van der Waals surface area (Å²) in [6.45, 7) is 0. The second-order valence-corrected chi connectivity index (χ2v) is 3.85. The van der Waals surface area contributed by atoms with Gasteiger partial charge in [0.05, 0.1) is 12.8 Å². The van der Waals surface area contributed by atoms with Crippen molar-refractivity contribution in [3.05, 3.63) is 34.4 Å². The molecule has 0 saturated carbocycles. The fourth-order valence-electron chi connectivity index (χ4n) is 1.33. The number of aromatic nitrogens is 1. The minimum absolute atomic E-state index is 0.348. The first kappa shape index (κ1) is 10.6. The lowest BCUT2D eigenvalue weighted by Gasteiger charge is -2.05. The van der Waals surface area contributed by atoms with Crippen molar-refractivity contribution in [2.24, 2.45) is 0 Å². The summed E-state index contributed by atoms with van der Waals surface area (Å²) in [6, 6.07) is 6.14. The Morgan fingerprint density at radius 1 is 1.50 bits per heavy atom. The average Bonchev–Trinajstić information content (AvgIpc) is 2.77. The molecule has 0 aliphatic rings. The van der Waals surface area contributed by atoms with Crippen LogP contribution in [0.5, 0.6) is 5.75 Å². The van der Waals surface area contributed by atoms with Gasteiger partial charge in [0.15, 0.2) is 5.01 Å². The number of nitrogens with zero attached hydrogens (tertiary/aromatic N) is 2. The average molecular weight is 234 g/mol. The summed E-state index contributed by atoms with van der Waals surface area (Å²) in [5.41, 5.74) is 1.11. The van der Waals surface area contributed by atoms with Gasteiger partial charge in [-0.3, -0.25) is 0 Å². The molecule has 2 aromatic rings. The molecule has 0 bridgehead atoms. The molecule has 5 heteroatoms.